The molecule has 0 aliphatic heterocycles. The molecule has 0 atom stereocenters. The minimum absolute atomic E-state index is 0.122. The molecule has 4 rings (SSSR count). The van der Waals surface area contributed by atoms with Crippen LogP contribution in [-0.4, -0.2) is 19.5 Å². The maximum absolute atomic E-state index is 12.0. The molecule has 0 amide bonds. The minimum Gasteiger partial charge on any atom is -0.282 e. The molecule has 2 aromatic heterocycles. The molecule has 0 bridgehead atoms. The van der Waals surface area contributed by atoms with Crippen molar-refractivity contribution in [1.82, 2.24) is 14.4 Å². The van der Waals surface area contributed by atoms with Crippen LogP contribution in [0.5, 0.6) is 0 Å². The van der Waals surface area contributed by atoms with Crippen LogP contribution < -0.4 is 0 Å². The second-order valence-electron chi connectivity index (χ2n) is 5.19. The minimum atomic E-state index is -0.122. The summed E-state index contributed by atoms with van der Waals surface area (Å²) in [6.07, 6.45) is 1.32. The van der Waals surface area contributed by atoms with Gasteiger partial charge >= 0.3 is 0 Å². The Hall–Kier alpha value is -2.92. The van der Waals surface area contributed by atoms with E-state index in [1.807, 2.05) is 65.1 Å². The van der Waals surface area contributed by atoms with Crippen LogP contribution in [0.15, 0.2) is 78.3 Å². The van der Waals surface area contributed by atoms with E-state index in [2.05, 4.69) is 16.5 Å². The molecule has 0 spiro atoms. The van der Waals surface area contributed by atoms with Gasteiger partial charge in [0, 0.05) is 5.56 Å². The lowest BCUT2D eigenvalue weighted by atomic mass is 10.2. The van der Waals surface area contributed by atoms with Crippen LogP contribution in [0.4, 0.5) is 0 Å². The lowest BCUT2D eigenvalue weighted by molar-refractivity contribution is -0.107. The van der Waals surface area contributed by atoms with Crippen molar-refractivity contribution in [3.8, 4) is 11.3 Å². The van der Waals surface area contributed by atoms with E-state index >= 15 is 0 Å². The summed E-state index contributed by atoms with van der Waals surface area (Å²) in [7, 11) is 0. The van der Waals surface area contributed by atoms with Crippen LogP contribution in [0.2, 0.25) is 0 Å². The highest BCUT2D eigenvalue weighted by atomic mass is 32.2. The van der Waals surface area contributed by atoms with Gasteiger partial charge in [-0.15, -0.1) is 0 Å². The van der Waals surface area contributed by atoms with Gasteiger partial charge < -0.3 is 0 Å². The van der Waals surface area contributed by atoms with E-state index in [0.717, 1.165) is 39.1 Å². The Balaban J connectivity index is 2.06. The number of rotatable bonds is 3. The number of carbonyl (C=O) groups excluding carboxylic acids is 1. The monoisotopic (exact) mass is 331 g/mol. The Labute approximate surface area is 142 Å². The Morgan fingerprint density at radius 2 is 1.71 bits per heavy atom. The molecule has 0 unspecified atom stereocenters. The van der Waals surface area contributed by atoms with E-state index in [4.69, 9.17) is 0 Å². The molecule has 0 saturated heterocycles. The third-order valence-corrected chi connectivity index (χ3v) is 4.62. The van der Waals surface area contributed by atoms with Crippen molar-refractivity contribution >= 4 is 33.7 Å². The SMILES string of the molecule is C=CC(=O)Sc1c(-c2ccccc2)nc2nc3cccccc3n12. The lowest BCUT2D eigenvalue weighted by Crippen LogP contribution is -1.90. The number of benzene rings is 1. The van der Waals surface area contributed by atoms with E-state index in [1.54, 1.807) is 0 Å². The number of thioether (sulfide) groups is 1. The predicted molar refractivity (Wildman–Crippen MR) is 97.0 cm³/mol. The standard InChI is InChI=1S/C19H13N3OS/c1-2-16(23)24-18-17(13-9-5-3-6-10-13)21-19-20-14-11-7-4-8-12-15(14)22(18)19/h2-12H,1H2. The summed E-state index contributed by atoms with van der Waals surface area (Å²) in [5, 5.41) is 0.637. The van der Waals surface area contributed by atoms with Crippen LogP contribution in [0.3, 0.4) is 0 Å². The molecule has 2 heterocycles. The van der Waals surface area contributed by atoms with Crippen LogP contribution >= 0.6 is 11.8 Å². The fourth-order valence-corrected chi connectivity index (χ4v) is 3.43. The number of aromatic nitrogens is 3. The molecular weight excluding hydrogens is 318 g/mol. The van der Waals surface area contributed by atoms with Crippen LogP contribution in [0.25, 0.3) is 28.1 Å². The summed E-state index contributed by atoms with van der Waals surface area (Å²) >= 11 is 1.12. The van der Waals surface area contributed by atoms with Crippen molar-refractivity contribution in [3.05, 3.63) is 73.3 Å². The van der Waals surface area contributed by atoms with Gasteiger partial charge in [-0.2, -0.15) is 0 Å². The quantitative estimate of drug-likeness (QED) is 0.413. The number of imidazole rings is 2. The van der Waals surface area contributed by atoms with Gasteiger partial charge in [0.2, 0.25) is 10.9 Å². The van der Waals surface area contributed by atoms with Crippen molar-refractivity contribution < 1.29 is 4.79 Å². The largest absolute Gasteiger partial charge is 0.282 e. The first-order valence-electron chi connectivity index (χ1n) is 7.45. The number of carbonyl (C=O) groups is 1. The second-order valence-corrected chi connectivity index (χ2v) is 6.18. The van der Waals surface area contributed by atoms with Crippen LogP contribution in [0.1, 0.15) is 0 Å². The molecule has 2 aromatic carbocycles. The first kappa shape index (κ1) is 14.7. The number of hydrogen-bond acceptors (Lipinski definition) is 4. The summed E-state index contributed by atoms with van der Waals surface area (Å²) in [4.78, 5) is 21.3. The van der Waals surface area contributed by atoms with Gasteiger partial charge in [-0.1, -0.05) is 55.1 Å². The molecule has 0 radical (unpaired) electrons. The second kappa shape index (κ2) is 5.94. The molecule has 116 valence electrons. The van der Waals surface area contributed by atoms with Crippen molar-refractivity contribution in [1.29, 1.82) is 0 Å². The molecule has 24 heavy (non-hydrogen) atoms. The zero-order valence-electron chi connectivity index (χ0n) is 12.7. The number of nitrogens with zero attached hydrogens (tertiary/aromatic N) is 3. The summed E-state index contributed by atoms with van der Waals surface area (Å²) in [5.41, 5.74) is 3.47. The summed E-state index contributed by atoms with van der Waals surface area (Å²) in [5.74, 6) is 0.592. The zero-order chi connectivity index (χ0) is 16.5. The molecule has 4 nitrogen and oxygen atoms in total. The molecule has 0 N–H and O–H groups in total. The van der Waals surface area contributed by atoms with Crippen LogP contribution in [-0.2, 0) is 4.79 Å². The highest BCUT2D eigenvalue weighted by Crippen LogP contribution is 2.34. The van der Waals surface area contributed by atoms with Crippen molar-refractivity contribution in [2.75, 3.05) is 0 Å². The van der Waals surface area contributed by atoms with E-state index in [1.165, 1.54) is 6.08 Å². The highest BCUT2D eigenvalue weighted by Gasteiger charge is 2.20. The lowest BCUT2D eigenvalue weighted by Gasteiger charge is -2.02. The third-order valence-electron chi connectivity index (χ3n) is 3.68. The van der Waals surface area contributed by atoms with Crippen molar-refractivity contribution in [2.24, 2.45) is 0 Å². The maximum Gasteiger partial charge on any atom is 0.236 e. The highest BCUT2D eigenvalue weighted by molar-refractivity contribution is 8.14. The van der Waals surface area contributed by atoms with Gasteiger partial charge in [0.25, 0.3) is 0 Å². The normalized spacial score (nSPS) is 11.0. The molecule has 0 fully saturated rings. The van der Waals surface area contributed by atoms with E-state index in [-0.39, 0.29) is 5.12 Å². The van der Waals surface area contributed by atoms with Gasteiger partial charge in [-0.3, -0.25) is 9.20 Å². The maximum atomic E-state index is 12.0. The Morgan fingerprint density at radius 1 is 1.00 bits per heavy atom. The fraction of sp³-hybridized carbons (Fsp3) is 0. The molecule has 0 aliphatic carbocycles. The molecule has 0 aliphatic rings. The molecule has 0 saturated carbocycles. The van der Waals surface area contributed by atoms with Gasteiger partial charge in [0.1, 0.15) is 10.7 Å². The molecule has 5 heteroatoms. The number of hydrogen-bond donors (Lipinski definition) is 0. The molecule has 4 aromatic rings. The molecular formula is C19H13N3OS. The summed E-state index contributed by atoms with van der Waals surface area (Å²) < 4.78 is 1.93. The Bertz CT molecular complexity index is 1070. The van der Waals surface area contributed by atoms with Crippen molar-refractivity contribution in [2.45, 2.75) is 5.03 Å². The average Bonchev–Trinajstić information content (AvgIpc) is 3.03. The van der Waals surface area contributed by atoms with Crippen molar-refractivity contribution in [3.63, 3.8) is 0 Å². The zero-order valence-corrected chi connectivity index (χ0v) is 13.5. The van der Waals surface area contributed by atoms with Gasteiger partial charge in [-0.25, -0.2) is 9.97 Å². The van der Waals surface area contributed by atoms with E-state index in [9.17, 15) is 4.79 Å². The van der Waals surface area contributed by atoms with Gasteiger partial charge in [-0.05, 0) is 30.0 Å². The third kappa shape index (κ3) is 2.39. The van der Waals surface area contributed by atoms with Crippen LogP contribution in [0, 0.1) is 0 Å². The first-order valence-corrected chi connectivity index (χ1v) is 8.26. The smallest absolute Gasteiger partial charge is 0.236 e. The predicted octanol–water partition coefficient (Wildman–Crippen LogP) is 4.35. The average molecular weight is 331 g/mol. The van der Waals surface area contributed by atoms with Gasteiger partial charge in [0.15, 0.2) is 0 Å². The van der Waals surface area contributed by atoms with E-state index < -0.39 is 0 Å². The van der Waals surface area contributed by atoms with E-state index in [0.29, 0.717) is 5.78 Å². The van der Waals surface area contributed by atoms with Gasteiger partial charge in [0.05, 0.1) is 11.0 Å². The Morgan fingerprint density at radius 3 is 2.46 bits per heavy atom. The summed E-state index contributed by atoms with van der Waals surface area (Å²) in [6, 6.07) is 19.6. The topological polar surface area (TPSA) is 47.3 Å². The first-order chi connectivity index (χ1) is 11.8. The summed E-state index contributed by atoms with van der Waals surface area (Å²) in [6.45, 7) is 3.57. The number of fused-ring (bicyclic) bond motifs is 3. The Kier molecular flexibility index (Phi) is 3.63. The fourth-order valence-electron chi connectivity index (χ4n) is 2.62.